The summed E-state index contributed by atoms with van der Waals surface area (Å²) in [6, 6.07) is 24.6. The van der Waals surface area contributed by atoms with Crippen molar-refractivity contribution in [2.45, 2.75) is 43.2 Å². The topological polar surface area (TPSA) is 66.9 Å². The Morgan fingerprint density at radius 1 is 0.956 bits per heavy atom. The van der Waals surface area contributed by atoms with Gasteiger partial charge in [-0.15, -0.1) is 0 Å². The van der Waals surface area contributed by atoms with E-state index in [4.69, 9.17) is 16.3 Å². The van der Waals surface area contributed by atoms with Gasteiger partial charge in [0.2, 0.25) is 5.91 Å². The van der Waals surface area contributed by atoms with Crippen LogP contribution in [-0.2, 0) is 21.4 Å². The summed E-state index contributed by atoms with van der Waals surface area (Å²) in [4.78, 5) is 14.8. The van der Waals surface area contributed by atoms with Crippen molar-refractivity contribution >= 4 is 39.3 Å². The lowest BCUT2D eigenvalue weighted by molar-refractivity contribution is -0.129. The Morgan fingerprint density at radius 3 is 2.47 bits per heavy atom. The van der Waals surface area contributed by atoms with Crippen molar-refractivity contribution in [2.75, 3.05) is 17.5 Å². The quantitative estimate of drug-likeness (QED) is 0.155. The van der Waals surface area contributed by atoms with E-state index in [1.54, 1.807) is 30.3 Å². The Kier molecular flexibility index (Phi) is 10.5. The van der Waals surface area contributed by atoms with Gasteiger partial charge in [-0.1, -0.05) is 60.1 Å². The van der Waals surface area contributed by atoms with E-state index in [1.807, 2.05) is 41.3 Å². The standard InChI is InChI=1S/C35H33ClF2N2O4S/c36-28-14-17-31(18-15-28)45(42,43)40(33-24-29(37)16-19-32(33)38)25-27-10-4-5-12-34(27)44-23-21-30-11-6-7-22-39(30)35(41)20-13-26-8-2-1-3-9-26/h1-5,8-10,12-20,24,30H,6-7,11,21-23,25H2/b20-13-. The molecule has 1 aliphatic rings. The molecule has 0 saturated carbocycles. The van der Waals surface area contributed by atoms with Gasteiger partial charge in [0, 0.05) is 41.7 Å². The molecule has 10 heteroatoms. The summed E-state index contributed by atoms with van der Waals surface area (Å²) in [6.07, 6.45) is 6.77. The Hall–Kier alpha value is -4.21. The van der Waals surface area contributed by atoms with Crippen LogP contribution in [0.15, 0.2) is 108 Å². The van der Waals surface area contributed by atoms with E-state index in [2.05, 4.69) is 0 Å². The maximum Gasteiger partial charge on any atom is 0.264 e. The summed E-state index contributed by atoms with van der Waals surface area (Å²) >= 11 is 5.97. The molecule has 0 aliphatic carbocycles. The minimum atomic E-state index is -4.34. The highest BCUT2D eigenvalue weighted by atomic mass is 35.5. The van der Waals surface area contributed by atoms with Crippen LogP contribution in [0.2, 0.25) is 5.02 Å². The average molecular weight is 651 g/mol. The molecule has 1 heterocycles. The summed E-state index contributed by atoms with van der Waals surface area (Å²) in [6.45, 7) is 0.613. The highest BCUT2D eigenvalue weighted by Gasteiger charge is 2.29. The minimum Gasteiger partial charge on any atom is -0.493 e. The van der Waals surface area contributed by atoms with Gasteiger partial charge >= 0.3 is 0 Å². The smallest absolute Gasteiger partial charge is 0.264 e. The second kappa shape index (κ2) is 14.7. The Bertz CT molecular complexity index is 1750. The van der Waals surface area contributed by atoms with E-state index in [9.17, 15) is 17.6 Å². The summed E-state index contributed by atoms with van der Waals surface area (Å²) in [5, 5.41) is 0.335. The molecule has 1 aliphatic heterocycles. The number of halogens is 3. The molecule has 4 aromatic rings. The molecule has 45 heavy (non-hydrogen) atoms. The molecule has 4 aromatic carbocycles. The van der Waals surface area contributed by atoms with Gasteiger partial charge in [0.1, 0.15) is 17.4 Å². The third-order valence-corrected chi connectivity index (χ3v) is 9.73. The van der Waals surface area contributed by atoms with Gasteiger partial charge in [-0.05, 0) is 73.4 Å². The highest BCUT2D eigenvalue weighted by molar-refractivity contribution is 7.92. The van der Waals surface area contributed by atoms with E-state index in [1.165, 1.54) is 24.3 Å². The van der Waals surface area contributed by atoms with Crippen LogP contribution in [0.3, 0.4) is 0 Å². The number of anilines is 1. The number of likely N-dealkylation sites (tertiary alicyclic amines) is 1. The Morgan fingerprint density at radius 2 is 1.69 bits per heavy atom. The van der Waals surface area contributed by atoms with Gasteiger partial charge in [-0.25, -0.2) is 17.2 Å². The number of hydrogen-bond acceptors (Lipinski definition) is 4. The second-order valence-electron chi connectivity index (χ2n) is 10.7. The molecule has 1 atom stereocenters. The van der Waals surface area contributed by atoms with E-state index >= 15 is 4.39 Å². The fourth-order valence-electron chi connectivity index (χ4n) is 5.36. The summed E-state index contributed by atoms with van der Waals surface area (Å²) in [5.74, 6) is -1.32. The summed E-state index contributed by atoms with van der Waals surface area (Å²) in [5.41, 5.74) is 0.977. The second-order valence-corrected chi connectivity index (χ2v) is 13.0. The molecule has 6 nitrogen and oxygen atoms in total. The highest BCUT2D eigenvalue weighted by Crippen LogP contribution is 2.32. The molecule has 234 valence electrons. The summed E-state index contributed by atoms with van der Waals surface area (Å²) < 4.78 is 63.9. The normalized spacial score (nSPS) is 15.3. The number of nitrogens with zero attached hydrogens (tertiary/aromatic N) is 2. The molecule has 0 N–H and O–H groups in total. The first-order valence-electron chi connectivity index (χ1n) is 14.7. The van der Waals surface area contributed by atoms with Crippen LogP contribution in [0.1, 0.15) is 36.8 Å². The predicted molar refractivity (Wildman–Crippen MR) is 173 cm³/mol. The molecule has 1 amide bonds. The van der Waals surface area contributed by atoms with Gasteiger partial charge in [-0.3, -0.25) is 9.10 Å². The number of para-hydroxylation sites is 1. The van der Waals surface area contributed by atoms with Crippen molar-refractivity contribution in [2.24, 2.45) is 0 Å². The maximum absolute atomic E-state index is 15.0. The van der Waals surface area contributed by atoms with Crippen molar-refractivity contribution in [3.05, 3.63) is 131 Å². The van der Waals surface area contributed by atoms with Gasteiger partial charge in [-0.2, -0.15) is 0 Å². The molecule has 0 spiro atoms. The number of sulfonamides is 1. The van der Waals surface area contributed by atoms with Gasteiger partial charge in [0.05, 0.1) is 23.7 Å². The molecule has 5 rings (SSSR count). The van der Waals surface area contributed by atoms with Gasteiger partial charge < -0.3 is 9.64 Å². The van der Waals surface area contributed by atoms with Gasteiger partial charge in [0.25, 0.3) is 10.0 Å². The zero-order valence-electron chi connectivity index (χ0n) is 24.5. The molecule has 1 saturated heterocycles. The summed E-state index contributed by atoms with van der Waals surface area (Å²) in [7, 11) is -4.34. The number of hydrogen-bond donors (Lipinski definition) is 0. The first kappa shape index (κ1) is 32.2. The van der Waals surface area contributed by atoms with Crippen molar-refractivity contribution < 1.29 is 26.7 Å². The fourth-order valence-corrected chi connectivity index (χ4v) is 6.93. The molecule has 0 bridgehead atoms. The SMILES string of the molecule is O=C(/C=C\c1ccccc1)N1CCCCC1CCOc1ccccc1CN(c1cc(F)ccc1F)S(=O)(=O)c1ccc(Cl)cc1. The lowest BCUT2D eigenvalue weighted by atomic mass is 9.99. The molecule has 1 fully saturated rings. The van der Waals surface area contributed by atoms with E-state index in [0.717, 1.165) is 47.3 Å². The lowest BCUT2D eigenvalue weighted by Gasteiger charge is -2.35. The Labute approximate surface area is 267 Å². The van der Waals surface area contributed by atoms with Crippen LogP contribution >= 0.6 is 11.6 Å². The first-order chi connectivity index (χ1) is 21.7. The van der Waals surface area contributed by atoms with Crippen LogP contribution in [0.5, 0.6) is 5.75 Å². The molecule has 1 unspecified atom stereocenters. The molecule has 0 radical (unpaired) electrons. The van der Waals surface area contributed by atoms with Gasteiger partial charge in [0.15, 0.2) is 0 Å². The van der Waals surface area contributed by atoms with Crippen molar-refractivity contribution in [1.82, 2.24) is 4.90 Å². The molecule has 0 aromatic heterocycles. The molecular weight excluding hydrogens is 618 g/mol. The molecular formula is C35H33ClF2N2O4S. The van der Waals surface area contributed by atoms with E-state index in [0.29, 0.717) is 29.3 Å². The monoisotopic (exact) mass is 650 g/mol. The minimum absolute atomic E-state index is 0.0120. The van der Waals surface area contributed by atoms with E-state index in [-0.39, 0.29) is 30.0 Å². The van der Waals surface area contributed by atoms with Crippen molar-refractivity contribution in [3.8, 4) is 5.75 Å². The maximum atomic E-state index is 15.0. The number of carbonyl (C=O) groups is 1. The zero-order chi connectivity index (χ0) is 31.8. The predicted octanol–water partition coefficient (Wildman–Crippen LogP) is 7.88. The van der Waals surface area contributed by atoms with Crippen molar-refractivity contribution in [1.29, 1.82) is 0 Å². The number of benzene rings is 4. The first-order valence-corrected chi connectivity index (χ1v) is 16.5. The van der Waals surface area contributed by atoms with E-state index < -0.39 is 27.3 Å². The largest absolute Gasteiger partial charge is 0.493 e. The van der Waals surface area contributed by atoms with Crippen LogP contribution < -0.4 is 9.04 Å². The van der Waals surface area contributed by atoms with Crippen LogP contribution in [0.25, 0.3) is 6.08 Å². The number of carbonyl (C=O) groups excluding carboxylic acids is 1. The number of rotatable bonds is 11. The average Bonchev–Trinajstić information content (AvgIpc) is 3.05. The third kappa shape index (κ3) is 8.09. The van der Waals surface area contributed by atoms with Crippen LogP contribution in [0.4, 0.5) is 14.5 Å². The number of amides is 1. The van der Waals surface area contributed by atoms with Crippen LogP contribution in [-0.4, -0.2) is 38.4 Å². The lowest BCUT2D eigenvalue weighted by Crippen LogP contribution is -2.43. The number of ether oxygens (including phenoxy) is 1. The zero-order valence-corrected chi connectivity index (χ0v) is 26.1. The Balaban J connectivity index is 1.33. The number of piperidine rings is 1. The fraction of sp³-hybridized carbons (Fsp3) is 0.229. The van der Waals surface area contributed by atoms with Crippen molar-refractivity contribution in [3.63, 3.8) is 0 Å². The van der Waals surface area contributed by atoms with Crippen LogP contribution in [0, 0.1) is 11.6 Å². The third-order valence-electron chi connectivity index (χ3n) is 7.70.